The molecule has 0 spiro atoms. The van der Waals surface area contributed by atoms with E-state index in [0.29, 0.717) is 5.33 Å². The summed E-state index contributed by atoms with van der Waals surface area (Å²) in [6.45, 7) is 4.35. The third-order valence-corrected chi connectivity index (χ3v) is 4.46. The first-order chi connectivity index (χ1) is 9.15. The molecule has 19 heavy (non-hydrogen) atoms. The number of alkyl halides is 1. The number of hydrogen-bond acceptors (Lipinski definition) is 3. The van der Waals surface area contributed by atoms with Crippen LogP contribution in [-0.2, 0) is 5.33 Å². The fourth-order valence-electron chi connectivity index (χ4n) is 2.72. The van der Waals surface area contributed by atoms with Gasteiger partial charge in [0.2, 0.25) is 0 Å². The lowest BCUT2D eigenvalue weighted by atomic mass is 9.95. The Kier molecular flexibility index (Phi) is 4.80. The Morgan fingerprint density at radius 2 is 2.32 bits per heavy atom. The first-order valence-electron chi connectivity index (χ1n) is 6.74. The molecular formula is C14H19BrN2O2. The summed E-state index contributed by atoms with van der Waals surface area (Å²) < 4.78 is 0. The van der Waals surface area contributed by atoms with Gasteiger partial charge < -0.3 is 4.90 Å². The highest BCUT2D eigenvalue weighted by Gasteiger charge is 2.21. The fraction of sp³-hybridized carbons (Fsp3) is 0.571. The zero-order valence-corrected chi connectivity index (χ0v) is 12.7. The maximum Gasteiger partial charge on any atom is 0.269 e. The molecule has 0 N–H and O–H groups in total. The van der Waals surface area contributed by atoms with Gasteiger partial charge in [0.15, 0.2) is 0 Å². The lowest BCUT2D eigenvalue weighted by Gasteiger charge is -2.35. The van der Waals surface area contributed by atoms with Gasteiger partial charge in [-0.15, -0.1) is 0 Å². The zero-order chi connectivity index (χ0) is 13.8. The quantitative estimate of drug-likeness (QED) is 0.475. The highest BCUT2D eigenvalue weighted by molar-refractivity contribution is 9.08. The van der Waals surface area contributed by atoms with Crippen molar-refractivity contribution in [1.82, 2.24) is 0 Å². The molecule has 104 valence electrons. The topological polar surface area (TPSA) is 46.4 Å². The lowest BCUT2D eigenvalue weighted by molar-refractivity contribution is -0.384. The normalized spacial score (nSPS) is 19.5. The molecule has 0 saturated carbocycles. The average Bonchev–Trinajstić information content (AvgIpc) is 2.46. The second-order valence-electron chi connectivity index (χ2n) is 5.07. The van der Waals surface area contributed by atoms with Gasteiger partial charge in [-0.2, -0.15) is 0 Å². The fourth-order valence-corrected chi connectivity index (χ4v) is 3.17. The average molecular weight is 327 g/mol. The molecule has 0 aliphatic carbocycles. The number of anilines is 1. The summed E-state index contributed by atoms with van der Waals surface area (Å²) in [6.07, 6.45) is 3.70. The molecule has 5 heteroatoms. The number of benzene rings is 1. The summed E-state index contributed by atoms with van der Waals surface area (Å²) in [5, 5.41) is 11.5. The van der Waals surface area contributed by atoms with Crippen LogP contribution in [0.25, 0.3) is 0 Å². The van der Waals surface area contributed by atoms with Crippen molar-refractivity contribution < 1.29 is 4.92 Å². The van der Waals surface area contributed by atoms with Crippen LogP contribution in [0.15, 0.2) is 18.2 Å². The Morgan fingerprint density at radius 1 is 1.53 bits per heavy atom. The number of non-ortho nitro benzene ring substituents is 1. The van der Waals surface area contributed by atoms with Gasteiger partial charge in [0.05, 0.1) is 4.92 Å². The van der Waals surface area contributed by atoms with Crippen LogP contribution in [0.4, 0.5) is 11.4 Å². The minimum atomic E-state index is -0.332. The van der Waals surface area contributed by atoms with Crippen molar-refractivity contribution >= 4 is 27.3 Å². The Bertz CT molecular complexity index is 465. The summed E-state index contributed by atoms with van der Waals surface area (Å²) in [5.41, 5.74) is 2.31. The Morgan fingerprint density at radius 3 is 2.95 bits per heavy atom. The molecule has 1 saturated heterocycles. The number of piperidine rings is 1. The molecule has 1 heterocycles. The van der Waals surface area contributed by atoms with E-state index >= 15 is 0 Å². The molecule has 2 rings (SSSR count). The van der Waals surface area contributed by atoms with E-state index < -0.39 is 0 Å². The minimum Gasteiger partial charge on any atom is -0.371 e. The van der Waals surface area contributed by atoms with Crippen LogP contribution < -0.4 is 4.90 Å². The first kappa shape index (κ1) is 14.3. The van der Waals surface area contributed by atoms with Crippen LogP contribution in [0.1, 0.15) is 31.7 Å². The predicted octanol–water partition coefficient (Wildman–Crippen LogP) is 4.12. The van der Waals surface area contributed by atoms with Gasteiger partial charge in [0.1, 0.15) is 0 Å². The van der Waals surface area contributed by atoms with Crippen LogP contribution in [0.3, 0.4) is 0 Å². The van der Waals surface area contributed by atoms with Crippen molar-refractivity contribution in [1.29, 1.82) is 0 Å². The summed E-state index contributed by atoms with van der Waals surface area (Å²) in [4.78, 5) is 12.9. The molecular weight excluding hydrogens is 308 g/mol. The minimum absolute atomic E-state index is 0.169. The second kappa shape index (κ2) is 6.37. The number of halogens is 1. The van der Waals surface area contributed by atoms with Gasteiger partial charge in [0, 0.05) is 36.2 Å². The predicted molar refractivity (Wildman–Crippen MR) is 81.0 cm³/mol. The zero-order valence-electron chi connectivity index (χ0n) is 11.1. The Labute approximate surface area is 122 Å². The van der Waals surface area contributed by atoms with Crippen molar-refractivity contribution in [3.8, 4) is 0 Å². The second-order valence-corrected chi connectivity index (χ2v) is 5.63. The monoisotopic (exact) mass is 326 g/mol. The van der Waals surface area contributed by atoms with Gasteiger partial charge in [-0.25, -0.2) is 0 Å². The van der Waals surface area contributed by atoms with E-state index in [-0.39, 0.29) is 10.6 Å². The van der Waals surface area contributed by atoms with Crippen molar-refractivity contribution in [3.63, 3.8) is 0 Å². The molecule has 4 nitrogen and oxygen atoms in total. The summed E-state index contributed by atoms with van der Waals surface area (Å²) >= 11 is 3.44. The maximum absolute atomic E-state index is 10.8. The molecule has 0 radical (unpaired) electrons. The van der Waals surface area contributed by atoms with Crippen LogP contribution in [0, 0.1) is 16.0 Å². The van der Waals surface area contributed by atoms with Crippen LogP contribution >= 0.6 is 15.9 Å². The van der Waals surface area contributed by atoms with E-state index in [1.165, 1.54) is 19.3 Å². The standard InChI is InChI=1S/C14H19BrN2O2/c1-2-11-4-3-7-16(10-11)14-6-5-13(17(18)19)8-12(14)9-15/h5-6,8,11H,2-4,7,9-10H2,1H3. The number of nitro groups is 1. The van der Waals surface area contributed by atoms with E-state index in [9.17, 15) is 10.1 Å². The summed E-state index contributed by atoms with van der Waals surface area (Å²) in [7, 11) is 0. The lowest BCUT2D eigenvalue weighted by Crippen LogP contribution is -2.35. The SMILES string of the molecule is CCC1CCCN(c2ccc([N+](=O)[O-])cc2CBr)C1. The van der Waals surface area contributed by atoms with Gasteiger partial charge in [-0.1, -0.05) is 29.3 Å². The summed E-state index contributed by atoms with van der Waals surface area (Å²) in [5.74, 6) is 0.743. The molecule has 1 aromatic rings. The third-order valence-electron chi connectivity index (χ3n) is 3.85. The molecule has 0 aromatic heterocycles. The van der Waals surface area contributed by atoms with Gasteiger partial charge in [-0.3, -0.25) is 10.1 Å². The molecule has 1 aliphatic heterocycles. The molecule has 1 fully saturated rings. The third kappa shape index (κ3) is 3.26. The van der Waals surface area contributed by atoms with E-state index in [1.54, 1.807) is 12.1 Å². The van der Waals surface area contributed by atoms with Gasteiger partial charge >= 0.3 is 0 Å². The molecule has 1 aliphatic rings. The van der Waals surface area contributed by atoms with Crippen LogP contribution in [0.2, 0.25) is 0 Å². The molecule has 0 bridgehead atoms. The van der Waals surface area contributed by atoms with Crippen molar-refractivity contribution in [2.75, 3.05) is 18.0 Å². The smallest absolute Gasteiger partial charge is 0.269 e. The van der Waals surface area contributed by atoms with Crippen LogP contribution in [0.5, 0.6) is 0 Å². The Balaban J connectivity index is 2.26. The van der Waals surface area contributed by atoms with Crippen molar-refractivity contribution in [3.05, 3.63) is 33.9 Å². The molecule has 1 unspecified atom stereocenters. The molecule has 0 amide bonds. The van der Waals surface area contributed by atoms with Crippen molar-refractivity contribution in [2.24, 2.45) is 5.92 Å². The highest BCUT2D eigenvalue weighted by Crippen LogP contribution is 2.31. The number of hydrogen-bond donors (Lipinski definition) is 0. The van der Waals surface area contributed by atoms with E-state index in [1.807, 2.05) is 6.07 Å². The molecule has 1 atom stereocenters. The van der Waals surface area contributed by atoms with Gasteiger partial charge in [-0.05, 0) is 30.4 Å². The maximum atomic E-state index is 10.8. The number of rotatable bonds is 4. The van der Waals surface area contributed by atoms with Gasteiger partial charge in [0.25, 0.3) is 5.69 Å². The van der Waals surface area contributed by atoms with E-state index in [2.05, 4.69) is 27.8 Å². The highest BCUT2D eigenvalue weighted by atomic mass is 79.9. The summed E-state index contributed by atoms with van der Waals surface area (Å²) in [6, 6.07) is 5.18. The van der Waals surface area contributed by atoms with E-state index in [0.717, 1.165) is 30.3 Å². The Hall–Kier alpha value is -1.10. The molecule has 1 aromatic carbocycles. The van der Waals surface area contributed by atoms with Crippen LogP contribution in [-0.4, -0.2) is 18.0 Å². The largest absolute Gasteiger partial charge is 0.371 e. The van der Waals surface area contributed by atoms with Crippen molar-refractivity contribution in [2.45, 2.75) is 31.5 Å². The van der Waals surface area contributed by atoms with E-state index in [4.69, 9.17) is 0 Å². The number of nitro benzene ring substituents is 1. The number of nitrogens with zero attached hydrogens (tertiary/aromatic N) is 2. The first-order valence-corrected chi connectivity index (χ1v) is 7.86.